The summed E-state index contributed by atoms with van der Waals surface area (Å²) in [7, 11) is -4.17. The minimum atomic E-state index is -5.75. The number of ether oxygens (including phenoxy) is 1. The van der Waals surface area contributed by atoms with Crippen molar-refractivity contribution in [3.63, 3.8) is 0 Å². The Labute approximate surface area is 255 Å². The summed E-state index contributed by atoms with van der Waals surface area (Å²) in [6, 6.07) is 6.57. The first kappa shape index (κ1) is 30.6. The van der Waals surface area contributed by atoms with E-state index in [2.05, 4.69) is 10.3 Å². The minimum absolute atomic E-state index is 0.0413. The number of rotatable bonds is 7. The number of amides is 3. The first-order valence-electron chi connectivity index (χ1n) is 14.3. The van der Waals surface area contributed by atoms with Gasteiger partial charge in [-0.05, 0) is 67.8 Å². The number of alkyl halides is 2. The van der Waals surface area contributed by atoms with Crippen LogP contribution in [0.4, 0.5) is 8.78 Å². The Morgan fingerprint density at radius 1 is 1.14 bits per heavy atom. The van der Waals surface area contributed by atoms with E-state index in [0.717, 1.165) is 35.6 Å². The molecule has 6 rings (SSSR count). The van der Waals surface area contributed by atoms with Crippen LogP contribution in [0.2, 0.25) is 0 Å². The van der Waals surface area contributed by atoms with Crippen LogP contribution in [0.25, 0.3) is 10.1 Å². The van der Waals surface area contributed by atoms with Gasteiger partial charge in [0.05, 0.1) is 17.7 Å². The molecule has 3 aliphatic heterocycles. The minimum Gasteiger partial charge on any atom is -0.495 e. The highest BCUT2D eigenvalue weighted by atomic mass is 32.1. The van der Waals surface area contributed by atoms with Gasteiger partial charge in [0.2, 0.25) is 11.8 Å². The van der Waals surface area contributed by atoms with Gasteiger partial charge in [-0.15, -0.1) is 11.3 Å². The van der Waals surface area contributed by atoms with E-state index >= 15 is 0 Å². The molecule has 234 valence electrons. The molecule has 3 fully saturated rings. The number of aromatic nitrogens is 1. The van der Waals surface area contributed by atoms with E-state index < -0.39 is 36.8 Å². The van der Waals surface area contributed by atoms with Crippen LogP contribution in [0.1, 0.15) is 59.0 Å². The number of nitrogens with zero attached hydrogens (tertiary/aromatic N) is 3. The summed E-state index contributed by atoms with van der Waals surface area (Å²) in [6.07, 6.45) is 4.72. The Morgan fingerprint density at radius 3 is 2.64 bits per heavy atom. The second-order valence-corrected chi connectivity index (χ2v) is 14.2. The van der Waals surface area contributed by atoms with E-state index in [0.29, 0.717) is 49.2 Å². The normalized spacial score (nSPS) is 22.8. The Kier molecular flexibility index (Phi) is 7.98. The molecule has 0 radical (unpaired) electrons. The topological polar surface area (TPSA) is 149 Å². The maximum Gasteiger partial charge on any atom is 0.399 e. The third kappa shape index (κ3) is 5.38. The number of hydrogen-bond donors (Lipinski definition) is 3. The van der Waals surface area contributed by atoms with Crippen LogP contribution in [0.15, 0.2) is 42.6 Å². The quantitative estimate of drug-likeness (QED) is 0.328. The lowest BCUT2D eigenvalue weighted by atomic mass is 9.93. The summed E-state index contributed by atoms with van der Waals surface area (Å²) < 4.78 is 45.6. The molecular weight excluding hydrogens is 617 g/mol. The molecule has 3 N–H and O–H groups in total. The summed E-state index contributed by atoms with van der Waals surface area (Å²) in [5.74, 6) is -0.288. The number of methoxy groups -OCH3 is 1. The van der Waals surface area contributed by atoms with Crippen molar-refractivity contribution in [2.75, 3.05) is 20.2 Å². The highest BCUT2D eigenvalue weighted by Gasteiger charge is 2.51. The molecule has 3 aromatic rings. The largest absolute Gasteiger partial charge is 0.495 e. The van der Waals surface area contributed by atoms with Crippen molar-refractivity contribution in [1.82, 2.24) is 20.1 Å². The molecule has 0 spiro atoms. The van der Waals surface area contributed by atoms with Crippen molar-refractivity contribution >= 4 is 46.7 Å². The standard InChI is InChI=1S/C29H31F2N4O7PS/c1-42-22-6-3-11-32-25(22)17-14-34(15-17)28(38)21-9-8-19-4-2-5-20(27(37)35(19)21)33-26(36)24-13-16-12-18(7-10-23(16)44-24)29(30,31)43(39,40)41/h3,6-7,10-13,17,19-21H,2,4-5,8-9,14-15H2,1H3,(H,33,36)(H2,39,40,41)/t19-,20-,21-/m0/s1. The zero-order chi connectivity index (χ0) is 31.4. The number of nitrogens with one attached hydrogen (secondary N) is 1. The van der Waals surface area contributed by atoms with Gasteiger partial charge < -0.3 is 29.6 Å². The molecule has 0 bridgehead atoms. The Hall–Kier alpha value is -3.45. The molecule has 44 heavy (non-hydrogen) atoms. The van der Waals surface area contributed by atoms with Crippen molar-refractivity contribution < 1.29 is 42.3 Å². The number of benzene rings is 1. The number of hydrogen-bond acceptors (Lipinski definition) is 7. The molecule has 3 aliphatic rings. The highest BCUT2D eigenvalue weighted by molar-refractivity contribution is 7.52. The van der Waals surface area contributed by atoms with Gasteiger partial charge in [-0.25, -0.2) is 0 Å². The van der Waals surface area contributed by atoms with Crippen LogP contribution in [-0.2, 0) is 19.8 Å². The summed E-state index contributed by atoms with van der Waals surface area (Å²) in [5.41, 5.74) is -4.43. The molecule has 0 aliphatic carbocycles. The number of carbonyl (C=O) groups is 3. The first-order valence-corrected chi connectivity index (χ1v) is 16.7. The predicted molar refractivity (Wildman–Crippen MR) is 157 cm³/mol. The van der Waals surface area contributed by atoms with Crippen LogP contribution in [-0.4, -0.2) is 80.6 Å². The molecule has 2 aromatic heterocycles. The first-order chi connectivity index (χ1) is 20.9. The van der Waals surface area contributed by atoms with Crippen molar-refractivity contribution in [2.45, 2.75) is 61.8 Å². The van der Waals surface area contributed by atoms with Crippen molar-refractivity contribution in [1.29, 1.82) is 0 Å². The van der Waals surface area contributed by atoms with Crippen LogP contribution in [0.3, 0.4) is 0 Å². The van der Waals surface area contributed by atoms with Crippen LogP contribution < -0.4 is 10.1 Å². The summed E-state index contributed by atoms with van der Waals surface area (Å²) >= 11 is 1.02. The van der Waals surface area contributed by atoms with E-state index in [9.17, 15) is 27.7 Å². The lowest BCUT2D eigenvalue weighted by Crippen LogP contribution is -2.58. The fourth-order valence-corrected chi connectivity index (χ4v) is 7.82. The Bertz CT molecular complexity index is 1670. The van der Waals surface area contributed by atoms with Crippen LogP contribution in [0.5, 0.6) is 5.75 Å². The summed E-state index contributed by atoms with van der Waals surface area (Å²) in [5, 5.41) is 3.01. The molecule has 15 heteroatoms. The Balaban J connectivity index is 1.14. The second-order valence-electron chi connectivity index (χ2n) is 11.4. The van der Waals surface area contributed by atoms with Gasteiger partial charge in [-0.1, -0.05) is 6.07 Å². The number of halogens is 2. The van der Waals surface area contributed by atoms with Crippen LogP contribution >= 0.6 is 18.9 Å². The van der Waals surface area contributed by atoms with Crippen molar-refractivity contribution in [3.8, 4) is 5.75 Å². The Morgan fingerprint density at radius 2 is 1.91 bits per heavy atom. The van der Waals surface area contributed by atoms with Gasteiger partial charge in [-0.2, -0.15) is 8.78 Å². The van der Waals surface area contributed by atoms with Gasteiger partial charge in [-0.3, -0.25) is 23.9 Å². The predicted octanol–water partition coefficient (Wildman–Crippen LogP) is 3.80. The molecule has 3 atom stereocenters. The number of likely N-dealkylation sites (tertiary alicyclic amines) is 1. The van der Waals surface area contributed by atoms with E-state index in [1.54, 1.807) is 29.2 Å². The SMILES string of the molecule is COc1cccnc1C1CN(C(=O)[C@@H]2CC[C@@H]3CCC[C@H](NC(=O)c4cc5cc(C(F)(F)P(=O)(O)O)ccc5s4)C(=O)N32)C1. The molecule has 11 nitrogen and oxygen atoms in total. The number of pyridine rings is 1. The van der Waals surface area contributed by atoms with Crippen LogP contribution in [0, 0.1) is 0 Å². The number of fused-ring (bicyclic) bond motifs is 2. The maximum absolute atomic E-state index is 14.2. The van der Waals surface area contributed by atoms with E-state index in [1.807, 2.05) is 6.07 Å². The molecule has 3 saturated heterocycles. The zero-order valence-electron chi connectivity index (χ0n) is 23.7. The van der Waals surface area contributed by atoms with E-state index in [1.165, 1.54) is 12.1 Å². The highest BCUT2D eigenvalue weighted by Crippen LogP contribution is 2.59. The van der Waals surface area contributed by atoms with Gasteiger partial charge in [0.25, 0.3) is 5.91 Å². The molecule has 0 saturated carbocycles. The maximum atomic E-state index is 14.2. The summed E-state index contributed by atoms with van der Waals surface area (Å²) in [4.78, 5) is 66.7. The van der Waals surface area contributed by atoms with Gasteiger partial charge >= 0.3 is 13.3 Å². The van der Waals surface area contributed by atoms with Gasteiger partial charge in [0, 0.05) is 41.5 Å². The number of thiophene rings is 1. The molecular formula is C29H31F2N4O7PS. The van der Waals surface area contributed by atoms with E-state index in [4.69, 9.17) is 14.5 Å². The zero-order valence-corrected chi connectivity index (χ0v) is 25.4. The third-order valence-electron chi connectivity index (χ3n) is 8.73. The van der Waals surface area contributed by atoms with E-state index in [-0.39, 0.29) is 34.0 Å². The smallest absolute Gasteiger partial charge is 0.399 e. The van der Waals surface area contributed by atoms with Gasteiger partial charge in [0.1, 0.15) is 17.8 Å². The molecule has 0 unspecified atom stereocenters. The monoisotopic (exact) mass is 648 g/mol. The summed E-state index contributed by atoms with van der Waals surface area (Å²) in [6.45, 7) is 0.951. The fraction of sp³-hybridized carbons (Fsp3) is 0.448. The average molecular weight is 649 g/mol. The average Bonchev–Trinajstić information content (AvgIpc) is 3.55. The third-order valence-corrected chi connectivity index (χ3v) is 10.8. The lowest BCUT2D eigenvalue weighted by molar-refractivity contribution is -0.148. The molecule has 1 aromatic carbocycles. The number of carbonyl (C=O) groups excluding carboxylic acids is 3. The van der Waals surface area contributed by atoms with Gasteiger partial charge in [0.15, 0.2) is 0 Å². The lowest BCUT2D eigenvalue weighted by Gasteiger charge is -2.42. The fourth-order valence-electron chi connectivity index (χ4n) is 6.40. The second kappa shape index (κ2) is 11.5. The van der Waals surface area contributed by atoms with Crippen molar-refractivity contribution in [3.05, 3.63) is 58.7 Å². The van der Waals surface area contributed by atoms with Crippen molar-refractivity contribution in [2.24, 2.45) is 0 Å². The molecule has 5 heterocycles. The molecule has 3 amide bonds.